The van der Waals surface area contributed by atoms with Gasteiger partial charge in [0.15, 0.2) is 11.5 Å². The van der Waals surface area contributed by atoms with Gasteiger partial charge in [0.1, 0.15) is 0 Å². The molecular weight excluding hydrogens is 456 g/mol. The van der Waals surface area contributed by atoms with Gasteiger partial charge in [-0.05, 0) is 49.7 Å². The number of nitrogens with one attached hydrogen (secondary N) is 1. The Morgan fingerprint density at radius 3 is 2.47 bits per heavy atom. The fourth-order valence-corrected chi connectivity index (χ4v) is 3.50. The number of para-hydroxylation sites is 2. The van der Waals surface area contributed by atoms with Crippen LogP contribution in [-0.2, 0) is 11.3 Å². The first-order chi connectivity index (χ1) is 16.5. The fourth-order valence-electron chi connectivity index (χ4n) is 3.38. The van der Waals surface area contributed by atoms with Crippen LogP contribution in [-0.4, -0.2) is 54.6 Å². The van der Waals surface area contributed by atoms with Crippen LogP contribution in [0.4, 0.5) is 4.79 Å². The summed E-state index contributed by atoms with van der Waals surface area (Å²) in [5.41, 5.74) is 2.30. The zero-order valence-corrected chi connectivity index (χ0v) is 20.8. The monoisotopic (exact) mass is 486 g/mol. The van der Waals surface area contributed by atoms with Gasteiger partial charge in [-0.15, -0.1) is 0 Å². The van der Waals surface area contributed by atoms with Crippen LogP contribution in [0.15, 0.2) is 48.5 Å². The summed E-state index contributed by atoms with van der Waals surface area (Å²) in [5.74, 6) is 1.63. The number of aromatic nitrogens is 2. The number of halogens is 1. The van der Waals surface area contributed by atoms with Gasteiger partial charge in [-0.3, -0.25) is 0 Å². The smallest absolute Gasteiger partial charge is 0.317 e. The molecule has 9 heteroatoms. The van der Waals surface area contributed by atoms with E-state index in [0.29, 0.717) is 48.6 Å². The zero-order valence-electron chi connectivity index (χ0n) is 20.0. The van der Waals surface area contributed by atoms with Crippen LogP contribution in [0.2, 0.25) is 5.02 Å². The highest BCUT2D eigenvalue weighted by Gasteiger charge is 2.24. The van der Waals surface area contributed by atoms with Crippen molar-refractivity contribution in [2.45, 2.75) is 26.8 Å². The van der Waals surface area contributed by atoms with Crippen LogP contribution in [0, 0.1) is 6.92 Å². The second kappa shape index (κ2) is 12.3. The van der Waals surface area contributed by atoms with E-state index >= 15 is 0 Å². The van der Waals surface area contributed by atoms with Crippen molar-refractivity contribution in [2.75, 3.05) is 33.9 Å². The van der Waals surface area contributed by atoms with Gasteiger partial charge in [0, 0.05) is 25.2 Å². The van der Waals surface area contributed by atoms with E-state index in [1.54, 1.807) is 35.9 Å². The molecule has 182 valence electrons. The number of ether oxygens (including phenoxy) is 3. The molecule has 1 N–H and O–H groups in total. The van der Waals surface area contributed by atoms with Gasteiger partial charge in [0.25, 0.3) is 0 Å². The molecule has 0 fully saturated rings. The van der Waals surface area contributed by atoms with E-state index in [2.05, 4.69) is 5.32 Å². The molecular formula is C25H31ClN4O4. The van der Waals surface area contributed by atoms with Crippen molar-refractivity contribution < 1.29 is 19.0 Å². The molecule has 1 heterocycles. The average molecular weight is 487 g/mol. The number of hydrogen-bond donors (Lipinski definition) is 1. The molecule has 0 saturated carbocycles. The lowest BCUT2D eigenvalue weighted by Crippen LogP contribution is -2.41. The molecule has 0 radical (unpaired) electrons. The van der Waals surface area contributed by atoms with Gasteiger partial charge in [0.05, 0.1) is 37.2 Å². The van der Waals surface area contributed by atoms with E-state index in [0.717, 1.165) is 23.4 Å². The van der Waals surface area contributed by atoms with Crippen LogP contribution >= 0.6 is 11.6 Å². The zero-order chi connectivity index (χ0) is 24.5. The first kappa shape index (κ1) is 25.4. The molecule has 2 aromatic carbocycles. The molecule has 3 aromatic rings. The fraction of sp³-hybridized carbons (Fsp3) is 0.360. The van der Waals surface area contributed by atoms with Crippen molar-refractivity contribution in [2.24, 2.45) is 0 Å². The minimum Gasteiger partial charge on any atom is -0.493 e. The van der Waals surface area contributed by atoms with E-state index in [4.69, 9.17) is 30.9 Å². The topological polar surface area (TPSA) is 77.9 Å². The van der Waals surface area contributed by atoms with Crippen molar-refractivity contribution in [1.29, 1.82) is 0 Å². The van der Waals surface area contributed by atoms with E-state index in [1.165, 1.54) is 0 Å². The summed E-state index contributed by atoms with van der Waals surface area (Å²) in [6.07, 6.45) is 0.847. The summed E-state index contributed by atoms with van der Waals surface area (Å²) in [4.78, 5) is 14.6. The van der Waals surface area contributed by atoms with Gasteiger partial charge < -0.3 is 24.4 Å². The van der Waals surface area contributed by atoms with Crippen molar-refractivity contribution in [3.05, 3.63) is 64.8 Å². The number of rotatable bonds is 11. The Bertz CT molecular complexity index is 1090. The Morgan fingerprint density at radius 2 is 1.82 bits per heavy atom. The number of methoxy groups -OCH3 is 2. The average Bonchev–Trinajstić information content (AvgIpc) is 3.15. The van der Waals surface area contributed by atoms with Crippen molar-refractivity contribution in [3.8, 4) is 23.1 Å². The highest BCUT2D eigenvalue weighted by atomic mass is 35.5. The molecule has 1 aromatic heterocycles. The molecule has 0 spiro atoms. The maximum atomic E-state index is 12.9. The van der Waals surface area contributed by atoms with Gasteiger partial charge in [-0.1, -0.05) is 30.7 Å². The molecule has 0 bridgehead atoms. The lowest BCUT2D eigenvalue weighted by Gasteiger charge is -2.23. The van der Waals surface area contributed by atoms with Crippen LogP contribution < -0.4 is 14.8 Å². The van der Waals surface area contributed by atoms with Crippen molar-refractivity contribution in [3.63, 3.8) is 0 Å². The Morgan fingerprint density at radius 1 is 1.12 bits per heavy atom. The van der Waals surface area contributed by atoms with Crippen molar-refractivity contribution >= 4 is 17.6 Å². The molecule has 0 aliphatic heterocycles. The number of carbonyl (C=O) groups is 1. The lowest BCUT2D eigenvalue weighted by atomic mass is 10.2. The van der Waals surface area contributed by atoms with Gasteiger partial charge in [-0.2, -0.15) is 5.10 Å². The molecule has 3 rings (SSSR count). The molecule has 0 aliphatic carbocycles. The number of hydrogen-bond acceptors (Lipinski definition) is 5. The Hall–Kier alpha value is -3.23. The van der Waals surface area contributed by atoms with E-state index in [-0.39, 0.29) is 6.03 Å². The minimum absolute atomic E-state index is 0.166. The van der Waals surface area contributed by atoms with Crippen LogP contribution in [0.3, 0.4) is 0 Å². The molecule has 0 atom stereocenters. The Labute approximate surface area is 205 Å². The summed E-state index contributed by atoms with van der Waals surface area (Å²) < 4.78 is 18.8. The van der Waals surface area contributed by atoms with Gasteiger partial charge in [-0.25, -0.2) is 9.48 Å². The summed E-state index contributed by atoms with van der Waals surface area (Å²) >= 11 is 6.10. The maximum absolute atomic E-state index is 12.9. The third kappa shape index (κ3) is 6.21. The maximum Gasteiger partial charge on any atom is 0.317 e. The summed E-state index contributed by atoms with van der Waals surface area (Å²) in [5, 5.41) is 8.30. The molecule has 0 unspecified atom stereocenters. The number of benzene rings is 2. The number of urea groups is 1. The number of amides is 2. The third-order valence-electron chi connectivity index (χ3n) is 5.21. The van der Waals surface area contributed by atoms with E-state index in [9.17, 15) is 4.79 Å². The van der Waals surface area contributed by atoms with Crippen molar-refractivity contribution in [1.82, 2.24) is 20.0 Å². The predicted octanol–water partition coefficient (Wildman–Crippen LogP) is 5.20. The normalized spacial score (nSPS) is 10.7. The summed E-state index contributed by atoms with van der Waals surface area (Å²) in [7, 11) is 3.21. The third-order valence-corrected chi connectivity index (χ3v) is 5.46. The minimum atomic E-state index is -0.166. The second-order valence-corrected chi connectivity index (χ2v) is 8.09. The highest BCUT2D eigenvalue weighted by Crippen LogP contribution is 2.36. The Balaban J connectivity index is 2.05. The number of nitrogens with zero attached hydrogens (tertiary/aromatic N) is 3. The Kier molecular flexibility index (Phi) is 9.18. The molecule has 34 heavy (non-hydrogen) atoms. The van der Waals surface area contributed by atoms with E-state index < -0.39 is 0 Å². The van der Waals surface area contributed by atoms with Gasteiger partial charge >= 0.3 is 6.03 Å². The summed E-state index contributed by atoms with van der Waals surface area (Å²) in [6.45, 7) is 5.63. The van der Waals surface area contributed by atoms with Gasteiger partial charge in [0.2, 0.25) is 5.88 Å². The SMILES string of the molecule is CCCNC(=O)N(CCOC)Cc1c(C)nn(-c2ccc(Cl)cc2)c1Oc1ccccc1OC. The first-order valence-electron chi connectivity index (χ1n) is 11.2. The predicted molar refractivity (Wildman–Crippen MR) is 132 cm³/mol. The molecule has 0 saturated heterocycles. The molecule has 8 nitrogen and oxygen atoms in total. The highest BCUT2D eigenvalue weighted by molar-refractivity contribution is 6.30. The molecule has 2 amide bonds. The van der Waals surface area contributed by atoms with Crippen LogP contribution in [0.1, 0.15) is 24.6 Å². The van der Waals surface area contributed by atoms with E-state index in [1.807, 2.05) is 50.2 Å². The quantitative estimate of drug-likeness (QED) is 0.403. The molecule has 0 aliphatic rings. The standard InChI is InChI=1S/C25H31ClN4O4/c1-5-14-27-25(31)29(15-16-32-3)17-21-18(2)28-30(20-12-10-19(26)11-13-20)24(21)34-23-9-7-6-8-22(23)33-4/h6-13H,5,14-17H2,1-4H3,(H,27,31). The van der Waals surface area contributed by atoms with Crippen LogP contribution in [0.5, 0.6) is 17.4 Å². The lowest BCUT2D eigenvalue weighted by molar-refractivity contribution is 0.146. The number of aryl methyl sites for hydroxylation is 1. The summed E-state index contributed by atoms with van der Waals surface area (Å²) in [6, 6.07) is 14.6. The number of carbonyl (C=O) groups excluding carboxylic acids is 1. The second-order valence-electron chi connectivity index (χ2n) is 7.66. The first-order valence-corrected chi connectivity index (χ1v) is 11.5. The largest absolute Gasteiger partial charge is 0.493 e. The van der Waals surface area contributed by atoms with Crippen LogP contribution in [0.25, 0.3) is 5.69 Å².